The lowest BCUT2D eigenvalue weighted by atomic mass is 9.91. The van der Waals surface area contributed by atoms with Crippen molar-refractivity contribution in [3.63, 3.8) is 0 Å². The summed E-state index contributed by atoms with van der Waals surface area (Å²) < 4.78 is 0. The van der Waals surface area contributed by atoms with Gasteiger partial charge in [0.25, 0.3) is 0 Å². The Bertz CT molecular complexity index is 499. The Labute approximate surface area is 106 Å². The van der Waals surface area contributed by atoms with E-state index in [1.54, 1.807) is 11.3 Å². The van der Waals surface area contributed by atoms with Crippen molar-refractivity contribution < 1.29 is 5.11 Å². The van der Waals surface area contributed by atoms with Crippen molar-refractivity contribution in [2.24, 2.45) is 0 Å². The molecule has 0 aliphatic heterocycles. The van der Waals surface area contributed by atoms with E-state index >= 15 is 0 Å². The van der Waals surface area contributed by atoms with Crippen LogP contribution in [-0.2, 0) is 12.0 Å². The topological polar surface area (TPSA) is 33.1 Å². The van der Waals surface area contributed by atoms with Gasteiger partial charge in [-0.3, -0.25) is 0 Å². The third-order valence-corrected chi connectivity index (χ3v) is 3.69. The Balaban J connectivity index is 2.21. The van der Waals surface area contributed by atoms with E-state index in [4.69, 9.17) is 0 Å². The number of nitrogens with zero attached hydrogens (tertiary/aromatic N) is 1. The maximum absolute atomic E-state index is 10.5. The van der Waals surface area contributed by atoms with Crippen molar-refractivity contribution in [1.29, 1.82) is 0 Å². The fourth-order valence-corrected chi connectivity index (χ4v) is 2.47. The molecule has 0 saturated heterocycles. The molecule has 1 atom stereocenters. The molecule has 3 heteroatoms. The van der Waals surface area contributed by atoms with E-state index in [-0.39, 0.29) is 0 Å². The number of benzene rings is 1. The molecule has 2 aromatic rings. The van der Waals surface area contributed by atoms with Crippen LogP contribution in [0.1, 0.15) is 28.8 Å². The molecule has 0 fully saturated rings. The summed E-state index contributed by atoms with van der Waals surface area (Å²) in [5, 5.41) is 13.6. The summed E-state index contributed by atoms with van der Waals surface area (Å²) in [7, 11) is 0. The number of aliphatic hydroxyl groups is 1. The molecule has 0 amide bonds. The van der Waals surface area contributed by atoms with Crippen LogP contribution in [0.15, 0.2) is 29.6 Å². The molecule has 1 unspecified atom stereocenters. The van der Waals surface area contributed by atoms with Gasteiger partial charge in [-0.05, 0) is 26.3 Å². The van der Waals surface area contributed by atoms with E-state index in [9.17, 15) is 5.11 Å². The molecule has 0 bridgehead atoms. The van der Waals surface area contributed by atoms with Gasteiger partial charge < -0.3 is 5.11 Å². The molecule has 0 aliphatic carbocycles. The summed E-state index contributed by atoms with van der Waals surface area (Å²) in [6.45, 7) is 5.86. The van der Waals surface area contributed by atoms with Gasteiger partial charge in [-0.1, -0.05) is 29.8 Å². The normalized spacial score (nSPS) is 14.6. The second kappa shape index (κ2) is 4.59. The van der Waals surface area contributed by atoms with Crippen molar-refractivity contribution in [2.75, 3.05) is 0 Å². The van der Waals surface area contributed by atoms with Crippen LogP contribution in [0.4, 0.5) is 0 Å². The van der Waals surface area contributed by atoms with Gasteiger partial charge in [-0.2, -0.15) is 0 Å². The lowest BCUT2D eigenvalue weighted by Crippen LogP contribution is -2.24. The quantitative estimate of drug-likeness (QED) is 0.903. The van der Waals surface area contributed by atoms with Crippen LogP contribution in [0.25, 0.3) is 0 Å². The molecular formula is C14H17NOS. The second-order valence-electron chi connectivity index (χ2n) is 4.67. The van der Waals surface area contributed by atoms with Crippen LogP contribution in [0.2, 0.25) is 0 Å². The van der Waals surface area contributed by atoms with Crippen LogP contribution in [-0.4, -0.2) is 10.1 Å². The Kier molecular flexibility index (Phi) is 3.31. The van der Waals surface area contributed by atoms with Crippen LogP contribution >= 0.6 is 11.3 Å². The van der Waals surface area contributed by atoms with Gasteiger partial charge in [-0.25, -0.2) is 4.98 Å². The lowest BCUT2D eigenvalue weighted by molar-refractivity contribution is 0.0567. The predicted octanol–water partition coefficient (Wildman–Crippen LogP) is 3.21. The summed E-state index contributed by atoms with van der Waals surface area (Å²) in [5.41, 5.74) is 2.25. The van der Waals surface area contributed by atoms with Crippen molar-refractivity contribution in [3.05, 3.63) is 51.5 Å². The van der Waals surface area contributed by atoms with Crippen LogP contribution in [0.5, 0.6) is 0 Å². The highest BCUT2D eigenvalue weighted by Gasteiger charge is 2.24. The minimum atomic E-state index is -0.853. The molecule has 0 aliphatic rings. The van der Waals surface area contributed by atoms with E-state index in [1.807, 2.05) is 50.4 Å². The zero-order valence-corrected chi connectivity index (χ0v) is 11.2. The molecule has 1 aromatic carbocycles. The maximum atomic E-state index is 10.5. The molecule has 1 heterocycles. The van der Waals surface area contributed by atoms with E-state index in [0.717, 1.165) is 16.3 Å². The lowest BCUT2D eigenvalue weighted by Gasteiger charge is -2.23. The van der Waals surface area contributed by atoms with Gasteiger partial charge in [0, 0.05) is 11.8 Å². The van der Waals surface area contributed by atoms with Gasteiger partial charge >= 0.3 is 0 Å². The summed E-state index contributed by atoms with van der Waals surface area (Å²) in [6, 6.07) is 8.01. The molecule has 2 rings (SSSR count). The molecule has 1 aromatic heterocycles. The predicted molar refractivity (Wildman–Crippen MR) is 71.3 cm³/mol. The van der Waals surface area contributed by atoms with Gasteiger partial charge in [0.2, 0.25) is 0 Å². The minimum absolute atomic E-state index is 0.556. The van der Waals surface area contributed by atoms with Crippen LogP contribution < -0.4 is 0 Å². The highest BCUT2D eigenvalue weighted by atomic mass is 32.1. The van der Waals surface area contributed by atoms with E-state index in [2.05, 4.69) is 4.98 Å². The van der Waals surface area contributed by atoms with E-state index in [1.165, 1.54) is 5.56 Å². The maximum Gasteiger partial charge on any atom is 0.0924 e. The van der Waals surface area contributed by atoms with Crippen LogP contribution in [0.3, 0.4) is 0 Å². The van der Waals surface area contributed by atoms with Crippen LogP contribution in [0, 0.1) is 13.8 Å². The second-order valence-corrected chi connectivity index (χ2v) is 5.74. The molecular weight excluding hydrogens is 230 g/mol. The third kappa shape index (κ3) is 2.93. The monoisotopic (exact) mass is 247 g/mol. The summed E-state index contributed by atoms with van der Waals surface area (Å²) in [4.78, 5) is 4.40. The van der Waals surface area contributed by atoms with Gasteiger partial charge in [-0.15, -0.1) is 11.3 Å². The molecule has 17 heavy (non-hydrogen) atoms. The number of aryl methyl sites for hydroxylation is 2. The smallest absolute Gasteiger partial charge is 0.0924 e. The number of thiazole rings is 1. The molecule has 0 spiro atoms. The summed E-state index contributed by atoms with van der Waals surface area (Å²) in [6.07, 6.45) is 0.556. The molecule has 1 N–H and O–H groups in total. The Morgan fingerprint density at radius 2 is 1.88 bits per heavy atom. The number of aromatic nitrogens is 1. The number of rotatable bonds is 3. The first-order chi connectivity index (χ1) is 7.97. The Hall–Kier alpha value is -1.19. The molecule has 0 radical (unpaired) electrons. The highest BCUT2D eigenvalue weighted by molar-refractivity contribution is 7.09. The largest absolute Gasteiger partial charge is 0.385 e. The average molecular weight is 247 g/mol. The Morgan fingerprint density at radius 3 is 2.41 bits per heavy atom. The fourth-order valence-electron chi connectivity index (χ4n) is 1.86. The van der Waals surface area contributed by atoms with Gasteiger partial charge in [0.15, 0.2) is 0 Å². The first kappa shape index (κ1) is 12.3. The molecule has 0 saturated carbocycles. The van der Waals surface area contributed by atoms with Gasteiger partial charge in [0.05, 0.1) is 16.3 Å². The standard InChI is InChI=1S/C14H17NOS/c1-10-4-6-12(7-5-10)14(3,16)8-13-9-17-11(2)15-13/h4-7,9,16H,8H2,1-3H3. The SMILES string of the molecule is Cc1ccc(C(C)(O)Cc2csc(C)n2)cc1. The fraction of sp³-hybridized carbons (Fsp3) is 0.357. The number of hydrogen-bond acceptors (Lipinski definition) is 3. The number of hydrogen-bond donors (Lipinski definition) is 1. The van der Waals surface area contributed by atoms with Crippen molar-refractivity contribution >= 4 is 11.3 Å². The van der Waals surface area contributed by atoms with Gasteiger partial charge in [0.1, 0.15) is 0 Å². The Morgan fingerprint density at radius 1 is 1.24 bits per heavy atom. The molecule has 2 nitrogen and oxygen atoms in total. The van der Waals surface area contributed by atoms with E-state index in [0.29, 0.717) is 6.42 Å². The van der Waals surface area contributed by atoms with Crippen molar-refractivity contribution in [1.82, 2.24) is 4.98 Å². The minimum Gasteiger partial charge on any atom is -0.385 e. The average Bonchev–Trinajstić information content (AvgIpc) is 2.63. The summed E-state index contributed by atoms with van der Waals surface area (Å²) in [5.74, 6) is 0. The summed E-state index contributed by atoms with van der Waals surface area (Å²) >= 11 is 1.62. The van der Waals surface area contributed by atoms with E-state index < -0.39 is 5.60 Å². The third-order valence-electron chi connectivity index (χ3n) is 2.87. The first-order valence-electron chi connectivity index (χ1n) is 5.68. The molecule has 90 valence electrons. The van der Waals surface area contributed by atoms with Crippen molar-refractivity contribution in [3.8, 4) is 0 Å². The highest BCUT2D eigenvalue weighted by Crippen LogP contribution is 2.26. The zero-order valence-electron chi connectivity index (χ0n) is 10.4. The van der Waals surface area contributed by atoms with Crippen molar-refractivity contribution in [2.45, 2.75) is 32.8 Å². The zero-order chi connectivity index (χ0) is 12.5. The first-order valence-corrected chi connectivity index (χ1v) is 6.56.